The average molecular weight is 325 g/mol. The molecule has 8 heteroatoms. The molecule has 0 spiro atoms. The third kappa shape index (κ3) is 1.79. The highest BCUT2D eigenvalue weighted by atomic mass is 32.2. The van der Waals surface area contributed by atoms with Crippen LogP contribution in [0.4, 0.5) is 5.69 Å². The van der Waals surface area contributed by atoms with Crippen LogP contribution in [-0.4, -0.2) is 48.7 Å². The van der Waals surface area contributed by atoms with Gasteiger partial charge in [-0.05, 0) is 34.6 Å². The summed E-state index contributed by atoms with van der Waals surface area (Å²) in [6.45, 7) is 9.10. The summed E-state index contributed by atoms with van der Waals surface area (Å²) in [6.07, 6.45) is 0. The number of nitrogens with zero attached hydrogens (tertiary/aromatic N) is 2. The van der Waals surface area contributed by atoms with E-state index in [4.69, 9.17) is 4.52 Å². The number of fused-ring (bicyclic) bond motifs is 1. The molecule has 2 N–H and O–H groups in total. The summed E-state index contributed by atoms with van der Waals surface area (Å²) < 4.78 is 4.58. The van der Waals surface area contributed by atoms with E-state index in [1.165, 1.54) is 16.7 Å². The first-order valence-electron chi connectivity index (χ1n) is 7.04. The Labute approximate surface area is 132 Å². The van der Waals surface area contributed by atoms with Crippen molar-refractivity contribution in [2.75, 3.05) is 5.32 Å². The molecule has 2 aliphatic heterocycles. The Morgan fingerprint density at radius 3 is 2.55 bits per heavy atom. The number of carboxylic acid groups (broad SMARTS) is 1. The molecule has 0 radical (unpaired) electrons. The van der Waals surface area contributed by atoms with Crippen molar-refractivity contribution >= 4 is 29.3 Å². The third-order valence-electron chi connectivity index (χ3n) is 4.43. The molecule has 0 aromatic carbocycles. The Hall–Kier alpha value is -1.70. The number of carbonyl (C=O) groups excluding carboxylic acids is 1. The highest BCUT2D eigenvalue weighted by Crippen LogP contribution is 2.55. The van der Waals surface area contributed by atoms with Crippen molar-refractivity contribution in [2.45, 2.75) is 56.3 Å². The molecule has 120 valence electrons. The van der Waals surface area contributed by atoms with E-state index in [0.717, 1.165) is 0 Å². The fourth-order valence-electron chi connectivity index (χ4n) is 3.26. The molecule has 2 saturated heterocycles. The first kappa shape index (κ1) is 15.2. The molecule has 1 unspecified atom stereocenters. The zero-order valence-corrected chi connectivity index (χ0v) is 13.9. The second-order valence-electron chi connectivity index (χ2n) is 6.55. The van der Waals surface area contributed by atoms with Crippen LogP contribution in [0.15, 0.2) is 4.52 Å². The second-order valence-corrected chi connectivity index (χ2v) is 8.29. The van der Waals surface area contributed by atoms with E-state index >= 15 is 0 Å². The lowest BCUT2D eigenvalue weighted by atomic mass is 9.86. The minimum Gasteiger partial charge on any atom is -0.480 e. The molecular formula is C14H19N3O4S. The van der Waals surface area contributed by atoms with Crippen molar-refractivity contribution in [1.82, 2.24) is 10.1 Å². The summed E-state index contributed by atoms with van der Waals surface area (Å²) in [6, 6.07) is -0.811. The van der Waals surface area contributed by atoms with Crippen LogP contribution in [0.3, 0.4) is 0 Å². The maximum absolute atomic E-state index is 12.7. The van der Waals surface area contributed by atoms with Crippen LogP contribution in [0.2, 0.25) is 0 Å². The maximum atomic E-state index is 12.7. The lowest BCUT2D eigenvalue weighted by Gasteiger charge is -2.51. The lowest BCUT2D eigenvalue weighted by molar-refractivity contribution is -0.163. The molecule has 2 fully saturated rings. The highest BCUT2D eigenvalue weighted by Gasteiger charge is 2.69. The zero-order valence-electron chi connectivity index (χ0n) is 13.1. The molecule has 22 heavy (non-hydrogen) atoms. The minimum atomic E-state index is -0.965. The largest absolute Gasteiger partial charge is 0.480 e. The van der Waals surface area contributed by atoms with E-state index in [1.54, 1.807) is 20.8 Å². The summed E-state index contributed by atoms with van der Waals surface area (Å²) in [7, 11) is 0. The van der Waals surface area contributed by atoms with Crippen molar-refractivity contribution in [1.29, 1.82) is 0 Å². The number of carbonyl (C=O) groups is 2. The standard InChI is InChI=1S/C14H19N3O4S/c1-6-8(7(2)21-16-6)15-14(5)11(20)17-9(10(18)19)13(3,4)22-12(14)17/h9,12,15H,1-5H3,(H,18,19)/t9-,12+,14?/m0/s1. The Balaban J connectivity index is 1.92. The fourth-order valence-corrected chi connectivity index (χ4v) is 4.90. The first-order chi connectivity index (χ1) is 10.1. The molecule has 0 saturated carbocycles. The van der Waals surface area contributed by atoms with E-state index < -0.39 is 22.3 Å². The van der Waals surface area contributed by atoms with Gasteiger partial charge in [0.1, 0.15) is 28.3 Å². The number of rotatable bonds is 3. The summed E-state index contributed by atoms with van der Waals surface area (Å²) in [4.78, 5) is 25.7. The number of aryl methyl sites for hydroxylation is 2. The van der Waals surface area contributed by atoms with Gasteiger partial charge in [-0.25, -0.2) is 4.79 Å². The fraction of sp³-hybridized carbons (Fsp3) is 0.643. The van der Waals surface area contributed by atoms with Crippen molar-refractivity contribution in [3.8, 4) is 0 Å². The van der Waals surface area contributed by atoms with Gasteiger partial charge in [-0.2, -0.15) is 0 Å². The zero-order chi connectivity index (χ0) is 16.4. The number of aliphatic carboxylic acids is 1. The number of aromatic nitrogens is 1. The molecule has 1 aromatic heterocycles. The summed E-state index contributed by atoms with van der Waals surface area (Å²) in [5, 5.41) is 16.3. The average Bonchev–Trinajstić information content (AvgIpc) is 2.87. The first-order valence-corrected chi connectivity index (χ1v) is 7.92. The Bertz CT molecular complexity index is 652. The van der Waals surface area contributed by atoms with Gasteiger partial charge in [-0.1, -0.05) is 5.16 Å². The van der Waals surface area contributed by atoms with Crippen molar-refractivity contribution < 1.29 is 19.2 Å². The van der Waals surface area contributed by atoms with Crippen LogP contribution < -0.4 is 5.32 Å². The summed E-state index contributed by atoms with van der Waals surface area (Å²) in [5.74, 6) is -0.558. The van der Waals surface area contributed by atoms with Gasteiger partial charge in [0.05, 0.1) is 0 Å². The molecule has 1 amide bonds. The van der Waals surface area contributed by atoms with Gasteiger partial charge in [0.2, 0.25) is 0 Å². The topological polar surface area (TPSA) is 95.7 Å². The molecule has 3 atom stereocenters. The number of thioether (sulfide) groups is 1. The van der Waals surface area contributed by atoms with Crippen LogP contribution in [0.5, 0.6) is 0 Å². The number of amides is 1. The Morgan fingerprint density at radius 2 is 2.05 bits per heavy atom. The number of carboxylic acids is 1. The molecule has 3 rings (SSSR count). The maximum Gasteiger partial charge on any atom is 0.327 e. The van der Waals surface area contributed by atoms with Gasteiger partial charge in [0.25, 0.3) is 5.91 Å². The van der Waals surface area contributed by atoms with Crippen molar-refractivity contribution in [3.05, 3.63) is 11.5 Å². The van der Waals surface area contributed by atoms with Gasteiger partial charge in [-0.15, -0.1) is 11.8 Å². The second kappa shape index (κ2) is 4.41. The van der Waals surface area contributed by atoms with Crippen LogP contribution in [-0.2, 0) is 9.59 Å². The molecule has 2 aliphatic rings. The van der Waals surface area contributed by atoms with E-state index in [9.17, 15) is 14.7 Å². The smallest absolute Gasteiger partial charge is 0.327 e. The number of β-lactam (4-membered cyclic amide) rings is 1. The molecule has 0 bridgehead atoms. The number of nitrogens with one attached hydrogen (secondary N) is 1. The van der Waals surface area contributed by atoms with Gasteiger partial charge in [0.15, 0.2) is 5.76 Å². The molecule has 1 aromatic rings. The molecule has 7 nitrogen and oxygen atoms in total. The number of anilines is 1. The van der Waals surface area contributed by atoms with E-state index in [-0.39, 0.29) is 11.3 Å². The van der Waals surface area contributed by atoms with E-state index in [1.807, 2.05) is 13.8 Å². The Kier molecular flexibility index (Phi) is 3.05. The predicted molar refractivity (Wildman–Crippen MR) is 81.7 cm³/mol. The van der Waals surface area contributed by atoms with Gasteiger partial charge >= 0.3 is 5.97 Å². The molecular weight excluding hydrogens is 306 g/mol. The van der Waals surface area contributed by atoms with Crippen LogP contribution >= 0.6 is 11.8 Å². The van der Waals surface area contributed by atoms with E-state index in [2.05, 4.69) is 10.5 Å². The SMILES string of the molecule is Cc1noc(C)c1NC1(C)C(=O)N2[C@@H](C(=O)O)C(C)(C)S[C@@H]21. The van der Waals surface area contributed by atoms with Gasteiger partial charge in [-0.3, -0.25) is 4.79 Å². The van der Waals surface area contributed by atoms with Crippen molar-refractivity contribution in [3.63, 3.8) is 0 Å². The summed E-state index contributed by atoms with van der Waals surface area (Å²) >= 11 is 1.51. The van der Waals surface area contributed by atoms with Crippen LogP contribution in [0, 0.1) is 13.8 Å². The lowest BCUT2D eigenvalue weighted by Crippen LogP contribution is -2.75. The third-order valence-corrected chi connectivity index (χ3v) is 6.18. The molecule has 3 heterocycles. The number of hydrogen-bond acceptors (Lipinski definition) is 6. The Morgan fingerprint density at radius 1 is 1.41 bits per heavy atom. The predicted octanol–water partition coefficient (Wildman–Crippen LogP) is 1.61. The quantitative estimate of drug-likeness (QED) is 0.815. The van der Waals surface area contributed by atoms with Gasteiger partial charge < -0.3 is 19.8 Å². The highest BCUT2D eigenvalue weighted by molar-refractivity contribution is 8.01. The van der Waals surface area contributed by atoms with Crippen molar-refractivity contribution in [2.24, 2.45) is 0 Å². The van der Waals surface area contributed by atoms with E-state index in [0.29, 0.717) is 17.1 Å². The minimum absolute atomic E-state index is 0.206. The van der Waals surface area contributed by atoms with Crippen LogP contribution in [0.1, 0.15) is 32.2 Å². The monoisotopic (exact) mass is 325 g/mol. The number of hydrogen-bond donors (Lipinski definition) is 2. The molecule has 0 aliphatic carbocycles. The van der Waals surface area contributed by atoms with Gasteiger partial charge in [0, 0.05) is 4.75 Å². The summed E-state index contributed by atoms with van der Waals surface area (Å²) in [5.41, 5.74) is 0.530. The normalized spacial score (nSPS) is 32.6. The van der Waals surface area contributed by atoms with Crippen LogP contribution in [0.25, 0.3) is 0 Å².